The fourth-order valence-corrected chi connectivity index (χ4v) is 2.68. The minimum Gasteiger partial charge on any atom is -0.476 e. The summed E-state index contributed by atoms with van der Waals surface area (Å²) in [6, 6.07) is 1.46. The molecule has 1 aliphatic carbocycles. The van der Waals surface area contributed by atoms with E-state index in [1.165, 1.54) is 6.07 Å². The molecule has 5 nitrogen and oxygen atoms in total. The van der Waals surface area contributed by atoms with Gasteiger partial charge >= 0.3 is 5.97 Å². The largest absolute Gasteiger partial charge is 0.476 e. The highest BCUT2D eigenvalue weighted by atomic mass is 16.5. The molecule has 0 aromatic carbocycles. The lowest BCUT2D eigenvalue weighted by molar-refractivity contribution is 0.0685. The van der Waals surface area contributed by atoms with Crippen LogP contribution in [-0.2, 0) is 6.54 Å². The second kappa shape index (κ2) is 4.09. The van der Waals surface area contributed by atoms with Crippen molar-refractivity contribution in [2.45, 2.75) is 34.2 Å². The average molecular weight is 252 g/mol. The minimum absolute atomic E-state index is 0.0427. The lowest BCUT2D eigenvalue weighted by atomic mass is 10.0. The number of hydrogen-bond donors (Lipinski definition) is 2. The van der Waals surface area contributed by atoms with E-state index in [0.29, 0.717) is 29.1 Å². The molecule has 0 bridgehead atoms. The van der Waals surface area contributed by atoms with Gasteiger partial charge in [-0.2, -0.15) is 0 Å². The summed E-state index contributed by atoms with van der Waals surface area (Å²) in [5, 5.41) is 15.5. The number of aromatic carboxylic acids is 1. The van der Waals surface area contributed by atoms with Gasteiger partial charge in [-0.1, -0.05) is 32.9 Å². The Balaban J connectivity index is 1.81. The number of nitrogens with one attached hydrogen (secondary N) is 1. The Hall–Kier alpha value is -1.36. The van der Waals surface area contributed by atoms with E-state index in [2.05, 4.69) is 38.2 Å². The van der Waals surface area contributed by atoms with E-state index in [0.717, 1.165) is 6.54 Å². The van der Waals surface area contributed by atoms with Crippen molar-refractivity contribution in [1.82, 2.24) is 10.5 Å². The fourth-order valence-electron chi connectivity index (χ4n) is 2.68. The Morgan fingerprint density at radius 2 is 2.06 bits per heavy atom. The molecule has 0 saturated heterocycles. The van der Waals surface area contributed by atoms with Crippen molar-refractivity contribution in [3.63, 3.8) is 0 Å². The van der Waals surface area contributed by atoms with E-state index in [9.17, 15) is 4.79 Å². The van der Waals surface area contributed by atoms with Crippen LogP contribution in [0.3, 0.4) is 0 Å². The number of carbonyl (C=O) groups is 1. The van der Waals surface area contributed by atoms with Gasteiger partial charge < -0.3 is 14.9 Å². The van der Waals surface area contributed by atoms with Crippen LogP contribution in [0, 0.1) is 16.7 Å². The van der Waals surface area contributed by atoms with Gasteiger partial charge in [-0.3, -0.25) is 0 Å². The molecule has 2 N–H and O–H groups in total. The van der Waals surface area contributed by atoms with Crippen LogP contribution in [0.25, 0.3) is 0 Å². The fraction of sp³-hybridized carbons (Fsp3) is 0.692. The van der Waals surface area contributed by atoms with Crippen molar-refractivity contribution in [2.24, 2.45) is 16.7 Å². The zero-order chi connectivity index (χ0) is 13.6. The first-order valence-electron chi connectivity index (χ1n) is 6.16. The maximum atomic E-state index is 10.6. The highest BCUT2D eigenvalue weighted by Gasteiger charge is 2.63. The zero-order valence-electron chi connectivity index (χ0n) is 11.3. The number of carboxylic acids is 1. The van der Waals surface area contributed by atoms with Gasteiger partial charge in [-0.25, -0.2) is 4.79 Å². The van der Waals surface area contributed by atoms with Gasteiger partial charge in [0, 0.05) is 6.07 Å². The highest BCUT2D eigenvalue weighted by Crippen LogP contribution is 2.67. The molecule has 0 radical (unpaired) electrons. The van der Waals surface area contributed by atoms with Gasteiger partial charge in [-0.15, -0.1) is 0 Å². The second-order valence-electron chi connectivity index (χ2n) is 6.11. The first kappa shape index (κ1) is 13.1. The quantitative estimate of drug-likeness (QED) is 0.839. The number of aromatic nitrogens is 1. The predicted molar refractivity (Wildman–Crippen MR) is 66.2 cm³/mol. The van der Waals surface area contributed by atoms with Crippen molar-refractivity contribution in [3.05, 3.63) is 17.5 Å². The lowest BCUT2D eigenvalue weighted by Crippen LogP contribution is -2.18. The molecule has 0 aliphatic heterocycles. The van der Waals surface area contributed by atoms with E-state index >= 15 is 0 Å². The summed E-state index contributed by atoms with van der Waals surface area (Å²) < 4.78 is 4.94. The highest BCUT2D eigenvalue weighted by molar-refractivity contribution is 5.85. The van der Waals surface area contributed by atoms with Gasteiger partial charge in [-0.05, 0) is 23.3 Å². The van der Waals surface area contributed by atoms with Gasteiger partial charge in [0.2, 0.25) is 0 Å². The van der Waals surface area contributed by atoms with E-state index in [4.69, 9.17) is 9.63 Å². The molecule has 1 aromatic heterocycles. The summed E-state index contributed by atoms with van der Waals surface area (Å²) in [5.41, 5.74) is 0.667. The van der Waals surface area contributed by atoms with Crippen LogP contribution in [0.4, 0.5) is 0 Å². The molecule has 1 aliphatic rings. The summed E-state index contributed by atoms with van der Waals surface area (Å²) in [5.74, 6) is 0.130. The van der Waals surface area contributed by atoms with E-state index < -0.39 is 5.97 Å². The lowest BCUT2D eigenvalue weighted by Gasteiger charge is -2.04. The van der Waals surface area contributed by atoms with Crippen LogP contribution < -0.4 is 5.32 Å². The Labute approximate surface area is 107 Å². The molecular weight excluding hydrogens is 232 g/mol. The van der Waals surface area contributed by atoms with Crippen molar-refractivity contribution < 1.29 is 14.4 Å². The van der Waals surface area contributed by atoms with Crippen LogP contribution in [-0.4, -0.2) is 22.8 Å². The molecule has 100 valence electrons. The average Bonchev–Trinajstić information content (AvgIpc) is 2.67. The molecule has 1 fully saturated rings. The molecule has 0 spiro atoms. The minimum atomic E-state index is -1.06. The van der Waals surface area contributed by atoms with Gasteiger partial charge in [0.1, 0.15) is 0 Å². The first-order chi connectivity index (χ1) is 8.26. The van der Waals surface area contributed by atoms with Crippen molar-refractivity contribution in [2.75, 3.05) is 6.54 Å². The molecule has 0 atom stereocenters. The SMILES string of the molecule is CC1(C)C(CNCc2cc(C(=O)O)no2)C1(C)C. The zero-order valence-corrected chi connectivity index (χ0v) is 11.3. The van der Waals surface area contributed by atoms with E-state index in [-0.39, 0.29) is 5.69 Å². The molecule has 5 heteroatoms. The van der Waals surface area contributed by atoms with Gasteiger partial charge in [0.15, 0.2) is 11.5 Å². The van der Waals surface area contributed by atoms with Crippen molar-refractivity contribution >= 4 is 5.97 Å². The van der Waals surface area contributed by atoms with Crippen LogP contribution >= 0.6 is 0 Å². The molecular formula is C13H20N2O3. The molecule has 0 unspecified atom stereocenters. The molecule has 1 aromatic rings. The van der Waals surface area contributed by atoms with Crippen LogP contribution in [0.2, 0.25) is 0 Å². The second-order valence-corrected chi connectivity index (χ2v) is 6.11. The third-order valence-corrected chi connectivity index (χ3v) is 4.75. The monoisotopic (exact) mass is 252 g/mol. The molecule has 0 amide bonds. The smallest absolute Gasteiger partial charge is 0.358 e. The van der Waals surface area contributed by atoms with E-state index in [1.807, 2.05) is 0 Å². The third kappa shape index (κ3) is 2.03. The Kier molecular flexibility index (Phi) is 2.97. The summed E-state index contributed by atoms with van der Waals surface area (Å²) in [6.45, 7) is 10.5. The third-order valence-electron chi connectivity index (χ3n) is 4.75. The number of rotatable bonds is 5. The van der Waals surface area contributed by atoms with Crippen LogP contribution in [0.15, 0.2) is 10.6 Å². The Morgan fingerprint density at radius 1 is 1.44 bits per heavy atom. The maximum Gasteiger partial charge on any atom is 0.358 e. The van der Waals surface area contributed by atoms with Gasteiger partial charge in [0.25, 0.3) is 0 Å². The van der Waals surface area contributed by atoms with Crippen molar-refractivity contribution in [1.29, 1.82) is 0 Å². The summed E-state index contributed by atoms with van der Waals surface area (Å²) >= 11 is 0. The number of nitrogens with zero attached hydrogens (tertiary/aromatic N) is 1. The van der Waals surface area contributed by atoms with Crippen LogP contribution in [0.1, 0.15) is 43.9 Å². The van der Waals surface area contributed by atoms with Crippen LogP contribution in [0.5, 0.6) is 0 Å². The topological polar surface area (TPSA) is 75.4 Å². The molecule has 1 saturated carbocycles. The summed E-state index contributed by atoms with van der Waals surface area (Å²) in [6.07, 6.45) is 0. The molecule has 2 rings (SSSR count). The first-order valence-corrected chi connectivity index (χ1v) is 6.16. The van der Waals surface area contributed by atoms with Crippen molar-refractivity contribution in [3.8, 4) is 0 Å². The summed E-state index contributed by atoms with van der Waals surface area (Å²) in [4.78, 5) is 10.6. The molecule has 18 heavy (non-hydrogen) atoms. The molecule has 1 heterocycles. The van der Waals surface area contributed by atoms with Gasteiger partial charge in [0.05, 0.1) is 6.54 Å². The standard InChI is InChI=1S/C13H20N2O3/c1-12(2)10(13(12,3)4)7-14-6-8-5-9(11(16)17)15-18-8/h5,10,14H,6-7H2,1-4H3,(H,16,17). The predicted octanol–water partition coefficient (Wildman–Crippen LogP) is 2.14. The number of carboxylic acid groups (broad SMARTS) is 1. The number of hydrogen-bond acceptors (Lipinski definition) is 4. The maximum absolute atomic E-state index is 10.6. The van der Waals surface area contributed by atoms with E-state index in [1.54, 1.807) is 0 Å². The Morgan fingerprint density at radius 3 is 2.50 bits per heavy atom. The Bertz CT molecular complexity index is 449. The normalized spacial score (nSPS) is 20.9. The summed E-state index contributed by atoms with van der Waals surface area (Å²) in [7, 11) is 0.